The monoisotopic (exact) mass is 524 g/mol. The fourth-order valence-corrected chi connectivity index (χ4v) is 6.17. The number of hydrogen-bond acceptors (Lipinski definition) is 4. The second kappa shape index (κ2) is 10.2. The van der Waals surface area contributed by atoms with Gasteiger partial charge in [-0.05, 0) is 73.9 Å². The van der Waals surface area contributed by atoms with E-state index in [2.05, 4.69) is 49.0 Å². The molecule has 198 valence electrons. The van der Waals surface area contributed by atoms with Gasteiger partial charge in [0.1, 0.15) is 11.1 Å². The minimum absolute atomic E-state index is 0.0143. The first kappa shape index (κ1) is 25.9. The highest BCUT2D eigenvalue weighted by atomic mass is 35.5. The summed E-state index contributed by atoms with van der Waals surface area (Å²) in [5.74, 6) is 0.679. The summed E-state index contributed by atoms with van der Waals surface area (Å²) in [6.45, 7) is 9.54. The number of pyridine rings is 1. The van der Waals surface area contributed by atoms with Crippen molar-refractivity contribution in [3.8, 4) is 11.3 Å². The lowest BCUT2D eigenvalue weighted by atomic mass is 9.87. The van der Waals surface area contributed by atoms with Crippen LogP contribution in [0.3, 0.4) is 0 Å². The zero-order valence-electron chi connectivity index (χ0n) is 22.4. The Morgan fingerprint density at radius 1 is 1.14 bits per heavy atom. The number of carbonyl (C=O) groups is 1. The molecule has 0 aliphatic carbocycles. The molecule has 2 fully saturated rings. The minimum Gasteiger partial charge on any atom is -0.445 e. The van der Waals surface area contributed by atoms with Crippen LogP contribution in [0.15, 0.2) is 29.2 Å². The van der Waals surface area contributed by atoms with E-state index in [1.54, 1.807) is 11.6 Å². The molecule has 1 aromatic carbocycles. The third-order valence-electron chi connectivity index (χ3n) is 8.11. The van der Waals surface area contributed by atoms with Crippen LogP contribution < -0.4 is 5.56 Å². The highest BCUT2D eigenvalue weighted by Gasteiger charge is 2.29. The lowest BCUT2D eigenvalue weighted by molar-refractivity contribution is 0.0600. The first-order chi connectivity index (χ1) is 17.6. The Morgan fingerprint density at radius 2 is 1.86 bits per heavy atom. The molecule has 0 unspecified atom stereocenters. The van der Waals surface area contributed by atoms with Gasteiger partial charge in [0.05, 0.1) is 5.69 Å². The largest absolute Gasteiger partial charge is 0.445 e. The lowest BCUT2D eigenvalue weighted by Crippen LogP contribution is -2.40. The van der Waals surface area contributed by atoms with E-state index in [1.807, 2.05) is 18.0 Å². The Kier molecular flexibility index (Phi) is 7.12. The van der Waals surface area contributed by atoms with E-state index in [9.17, 15) is 9.59 Å². The number of likely N-dealkylation sites (tertiary alicyclic amines) is 2. The second-order valence-electron chi connectivity index (χ2n) is 11.1. The number of halogens is 1. The second-order valence-corrected chi connectivity index (χ2v) is 11.5. The lowest BCUT2D eigenvalue weighted by Gasteiger charge is -2.32. The maximum absolute atomic E-state index is 12.7. The summed E-state index contributed by atoms with van der Waals surface area (Å²) in [5, 5.41) is 1.47. The molecule has 0 bridgehead atoms. The first-order valence-corrected chi connectivity index (χ1v) is 13.7. The van der Waals surface area contributed by atoms with Crippen molar-refractivity contribution < 1.29 is 9.53 Å². The first-order valence-electron chi connectivity index (χ1n) is 13.3. The van der Waals surface area contributed by atoms with E-state index in [0.29, 0.717) is 5.92 Å². The number of aromatic amines is 1. The molecule has 2 aliphatic heterocycles. The Hall–Kier alpha value is -2.77. The van der Waals surface area contributed by atoms with E-state index in [4.69, 9.17) is 16.3 Å². The summed E-state index contributed by atoms with van der Waals surface area (Å²) < 4.78 is 7.30. The van der Waals surface area contributed by atoms with Crippen LogP contribution in [-0.4, -0.2) is 64.8 Å². The van der Waals surface area contributed by atoms with E-state index >= 15 is 0 Å². The molecule has 37 heavy (non-hydrogen) atoms. The Balaban J connectivity index is 1.38. The molecule has 3 aromatic rings. The molecule has 1 N–H and O–H groups in total. The Labute approximate surface area is 223 Å². The summed E-state index contributed by atoms with van der Waals surface area (Å²) in [6, 6.07) is 6.69. The van der Waals surface area contributed by atoms with E-state index in [0.717, 1.165) is 67.8 Å². The quantitative estimate of drug-likeness (QED) is 0.479. The van der Waals surface area contributed by atoms with Gasteiger partial charge in [0.25, 0.3) is 5.56 Å². The number of nitrogens with one attached hydrogen (secondary N) is 1. The van der Waals surface area contributed by atoms with Gasteiger partial charge in [0.2, 0.25) is 0 Å². The van der Waals surface area contributed by atoms with Crippen molar-refractivity contribution in [2.75, 3.05) is 33.2 Å². The zero-order chi connectivity index (χ0) is 26.4. The predicted molar refractivity (Wildman–Crippen MR) is 149 cm³/mol. The number of piperidine rings is 1. The van der Waals surface area contributed by atoms with E-state index in [1.165, 1.54) is 16.5 Å². The Morgan fingerprint density at radius 3 is 2.51 bits per heavy atom. The van der Waals surface area contributed by atoms with Crippen LogP contribution >= 0.6 is 11.6 Å². The van der Waals surface area contributed by atoms with Crippen molar-refractivity contribution in [1.29, 1.82) is 0 Å². The van der Waals surface area contributed by atoms with Gasteiger partial charge in [-0.15, -0.1) is 0 Å². The minimum atomic E-state index is -0.182. The number of rotatable bonds is 4. The normalized spacial score (nSPS) is 19.3. The summed E-state index contributed by atoms with van der Waals surface area (Å²) in [4.78, 5) is 32.7. The van der Waals surface area contributed by atoms with Gasteiger partial charge in [-0.1, -0.05) is 31.5 Å². The summed E-state index contributed by atoms with van der Waals surface area (Å²) in [6.07, 6.45) is 4.49. The third-order valence-corrected chi connectivity index (χ3v) is 8.56. The molecule has 0 radical (unpaired) electrons. The van der Waals surface area contributed by atoms with Crippen LogP contribution in [0, 0.1) is 6.92 Å². The number of ether oxygens (including phenoxy) is 1. The number of aryl methyl sites for hydroxylation is 1. The summed E-state index contributed by atoms with van der Waals surface area (Å²) in [5.41, 5.74) is 6.20. The molecule has 7 nitrogen and oxygen atoms in total. The summed E-state index contributed by atoms with van der Waals surface area (Å²) in [7, 11) is 3.80. The predicted octanol–water partition coefficient (Wildman–Crippen LogP) is 5.64. The van der Waals surface area contributed by atoms with Crippen molar-refractivity contribution in [3.05, 3.63) is 56.5 Å². The molecule has 1 amide bonds. The van der Waals surface area contributed by atoms with Gasteiger partial charge in [-0.25, -0.2) is 4.79 Å². The van der Waals surface area contributed by atoms with E-state index in [-0.39, 0.29) is 28.7 Å². The maximum Gasteiger partial charge on any atom is 0.410 e. The molecule has 2 aromatic heterocycles. The maximum atomic E-state index is 12.7. The van der Waals surface area contributed by atoms with Crippen molar-refractivity contribution in [1.82, 2.24) is 19.4 Å². The van der Waals surface area contributed by atoms with Crippen molar-refractivity contribution in [3.63, 3.8) is 0 Å². The van der Waals surface area contributed by atoms with Gasteiger partial charge in [0.15, 0.2) is 0 Å². The molecule has 2 aliphatic rings. The van der Waals surface area contributed by atoms with Gasteiger partial charge in [0, 0.05) is 55.9 Å². The number of nitrogens with zero attached hydrogens (tertiary/aromatic N) is 3. The molecule has 2 saturated heterocycles. The van der Waals surface area contributed by atoms with Crippen LogP contribution in [0.2, 0.25) is 5.02 Å². The van der Waals surface area contributed by atoms with Gasteiger partial charge in [-0.2, -0.15) is 0 Å². The number of fused-ring (bicyclic) bond motifs is 1. The zero-order valence-corrected chi connectivity index (χ0v) is 23.2. The van der Waals surface area contributed by atoms with Gasteiger partial charge >= 0.3 is 6.09 Å². The van der Waals surface area contributed by atoms with Crippen LogP contribution in [0.4, 0.5) is 4.79 Å². The molecule has 0 spiro atoms. The summed E-state index contributed by atoms with van der Waals surface area (Å²) >= 11 is 6.40. The average molecular weight is 525 g/mol. The number of H-pyrrole nitrogens is 1. The average Bonchev–Trinajstić information content (AvgIpc) is 3.47. The standard InChI is InChI=1S/C29H37ClN4O3/c1-17(2)25-22-14-20(19-8-12-34(13-9-19)29(36)37-21-10-11-32(4)15-21)6-7-24(22)31-27(25)23-16-33(5)28(35)26(30)18(23)3/h6-7,14,16-17,19,21,31H,8-13,15H2,1-5H3/t21-/m0/s1. The molecule has 1 atom stereocenters. The van der Waals surface area contributed by atoms with Crippen LogP contribution in [0.25, 0.3) is 22.2 Å². The van der Waals surface area contributed by atoms with Crippen LogP contribution in [0.5, 0.6) is 0 Å². The number of amides is 1. The van der Waals surface area contributed by atoms with Crippen molar-refractivity contribution in [2.24, 2.45) is 7.05 Å². The number of aromatic nitrogens is 2. The highest BCUT2D eigenvalue weighted by Crippen LogP contribution is 2.39. The van der Waals surface area contributed by atoms with Crippen molar-refractivity contribution in [2.45, 2.75) is 58.0 Å². The topological polar surface area (TPSA) is 70.6 Å². The fraction of sp³-hybridized carbons (Fsp3) is 0.517. The molecular weight excluding hydrogens is 488 g/mol. The SMILES string of the molecule is Cc1c(-c2[nH]c3ccc(C4CCN(C(=O)O[C@H]5CCN(C)C5)CC4)cc3c2C(C)C)cn(C)c(=O)c1Cl. The number of likely N-dealkylation sites (N-methyl/N-ethyl adjacent to an activating group) is 1. The smallest absolute Gasteiger partial charge is 0.410 e. The third kappa shape index (κ3) is 4.91. The van der Waals surface area contributed by atoms with Crippen LogP contribution in [-0.2, 0) is 11.8 Å². The van der Waals surface area contributed by atoms with Gasteiger partial charge < -0.3 is 24.1 Å². The molecular formula is C29H37ClN4O3. The number of benzene rings is 1. The molecule has 5 rings (SSSR count). The Bertz CT molecular complexity index is 1380. The number of carbonyl (C=O) groups excluding carboxylic acids is 1. The highest BCUT2D eigenvalue weighted by molar-refractivity contribution is 6.31. The van der Waals surface area contributed by atoms with E-state index < -0.39 is 0 Å². The molecule has 4 heterocycles. The van der Waals surface area contributed by atoms with Crippen LogP contribution in [0.1, 0.15) is 61.6 Å². The number of hydrogen-bond donors (Lipinski definition) is 1. The fourth-order valence-electron chi connectivity index (χ4n) is 5.93. The van der Waals surface area contributed by atoms with Gasteiger partial charge in [-0.3, -0.25) is 4.79 Å². The molecule has 0 saturated carbocycles. The van der Waals surface area contributed by atoms with Crippen molar-refractivity contribution >= 4 is 28.6 Å². The molecule has 8 heteroatoms.